The second-order valence-corrected chi connectivity index (χ2v) is 3.60. The fourth-order valence-electron chi connectivity index (χ4n) is 1.03. The molecule has 5 nitrogen and oxygen atoms in total. The van der Waals surface area contributed by atoms with E-state index in [-0.39, 0.29) is 5.56 Å². The number of carbonyl (C=O) groups excluding carboxylic acids is 1. The average molecular weight is 276 g/mol. The van der Waals surface area contributed by atoms with Crippen molar-refractivity contribution in [2.75, 3.05) is 0 Å². The Balaban J connectivity index is 2.71. The molecule has 0 bridgehead atoms. The van der Waals surface area contributed by atoms with E-state index in [2.05, 4.69) is 21.2 Å². The van der Waals surface area contributed by atoms with Crippen molar-refractivity contribution in [1.29, 1.82) is 0 Å². The van der Waals surface area contributed by atoms with Crippen molar-refractivity contribution in [3.05, 3.63) is 22.6 Å². The number of rotatable bonds is 4. The van der Waals surface area contributed by atoms with Crippen molar-refractivity contribution in [1.82, 2.24) is 5.32 Å². The first-order valence-corrected chi connectivity index (χ1v) is 5.12. The molecule has 0 aliphatic heterocycles. The van der Waals surface area contributed by atoms with Crippen LogP contribution in [0.1, 0.15) is 23.7 Å². The molecule has 1 amide bonds. The van der Waals surface area contributed by atoms with Crippen LogP contribution < -0.4 is 5.32 Å². The van der Waals surface area contributed by atoms with Gasteiger partial charge in [-0.1, -0.05) is 6.92 Å². The van der Waals surface area contributed by atoms with Crippen molar-refractivity contribution < 1.29 is 19.1 Å². The van der Waals surface area contributed by atoms with Gasteiger partial charge in [-0.3, -0.25) is 4.79 Å². The van der Waals surface area contributed by atoms with Crippen molar-refractivity contribution in [2.45, 2.75) is 19.4 Å². The third-order valence-electron chi connectivity index (χ3n) is 1.87. The summed E-state index contributed by atoms with van der Waals surface area (Å²) < 4.78 is 5.16. The molecule has 1 aromatic heterocycles. The van der Waals surface area contributed by atoms with Crippen LogP contribution in [0.15, 0.2) is 21.4 Å². The summed E-state index contributed by atoms with van der Waals surface area (Å²) in [5.41, 5.74) is 0.287. The molecule has 1 heterocycles. The molecule has 0 saturated carbocycles. The zero-order valence-electron chi connectivity index (χ0n) is 7.99. The molecule has 1 rings (SSSR count). The Morgan fingerprint density at radius 3 is 2.73 bits per heavy atom. The van der Waals surface area contributed by atoms with E-state index >= 15 is 0 Å². The molecule has 1 atom stereocenters. The maximum atomic E-state index is 11.5. The minimum Gasteiger partial charge on any atom is -0.480 e. The summed E-state index contributed by atoms with van der Waals surface area (Å²) in [5.74, 6) is -1.52. The Kier molecular flexibility index (Phi) is 3.90. The number of nitrogens with one attached hydrogen (secondary N) is 1. The smallest absolute Gasteiger partial charge is 0.326 e. The largest absolute Gasteiger partial charge is 0.480 e. The van der Waals surface area contributed by atoms with Crippen molar-refractivity contribution in [3.63, 3.8) is 0 Å². The number of carboxylic acids is 1. The lowest BCUT2D eigenvalue weighted by Crippen LogP contribution is -2.40. The van der Waals surface area contributed by atoms with Crippen LogP contribution in [0.5, 0.6) is 0 Å². The molecule has 0 spiro atoms. The van der Waals surface area contributed by atoms with E-state index in [1.165, 1.54) is 12.3 Å². The van der Waals surface area contributed by atoms with Crippen molar-refractivity contribution >= 4 is 27.8 Å². The lowest BCUT2D eigenvalue weighted by molar-refractivity contribution is -0.139. The zero-order valence-corrected chi connectivity index (χ0v) is 9.58. The van der Waals surface area contributed by atoms with E-state index in [4.69, 9.17) is 9.52 Å². The molecule has 1 aromatic rings. The normalized spacial score (nSPS) is 12.1. The number of hydrogen-bond donors (Lipinski definition) is 2. The van der Waals surface area contributed by atoms with Crippen molar-refractivity contribution in [3.8, 4) is 0 Å². The Morgan fingerprint density at radius 1 is 1.67 bits per heavy atom. The van der Waals surface area contributed by atoms with Gasteiger partial charge in [-0.2, -0.15) is 0 Å². The van der Waals surface area contributed by atoms with Crippen LogP contribution in [0.25, 0.3) is 0 Å². The summed E-state index contributed by atoms with van der Waals surface area (Å²) in [6, 6.07) is 0.591. The number of amides is 1. The summed E-state index contributed by atoms with van der Waals surface area (Å²) in [5, 5.41) is 11.1. The van der Waals surface area contributed by atoms with Crippen LogP contribution in [0.4, 0.5) is 0 Å². The van der Waals surface area contributed by atoms with E-state index in [9.17, 15) is 9.59 Å². The molecule has 2 N–H and O–H groups in total. The summed E-state index contributed by atoms with van der Waals surface area (Å²) in [4.78, 5) is 22.2. The minimum atomic E-state index is -1.05. The number of carboxylic acid groups (broad SMARTS) is 1. The van der Waals surface area contributed by atoms with Crippen LogP contribution in [0.2, 0.25) is 0 Å². The van der Waals surface area contributed by atoms with Crippen LogP contribution >= 0.6 is 15.9 Å². The highest BCUT2D eigenvalue weighted by atomic mass is 79.9. The average Bonchev–Trinajstić information content (AvgIpc) is 2.60. The van der Waals surface area contributed by atoms with Crippen LogP contribution in [-0.4, -0.2) is 23.0 Å². The van der Waals surface area contributed by atoms with Gasteiger partial charge in [0, 0.05) is 0 Å². The second-order valence-electron chi connectivity index (χ2n) is 2.88. The SMILES string of the molecule is CC[C@@H](NC(=O)c1ccoc1Br)C(=O)O. The first-order valence-electron chi connectivity index (χ1n) is 4.33. The van der Waals surface area contributed by atoms with E-state index in [1.807, 2.05) is 0 Å². The fraction of sp³-hybridized carbons (Fsp3) is 0.333. The Bertz CT molecular complexity index is 374. The number of furan rings is 1. The molecule has 0 aromatic carbocycles. The van der Waals surface area contributed by atoms with Gasteiger partial charge in [0.1, 0.15) is 6.04 Å². The molecule has 15 heavy (non-hydrogen) atoms. The minimum absolute atomic E-state index is 0.287. The molecular formula is C9H10BrNO4. The second kappa shape index (κ2) is 4.97. The maximum absolute atomic E-state index is 11.5. The maximum Gasteiger partial charge on any atom is 0.326 e. The first kappa shape index (κ1) is 11.8. The van der Waals surface area contributed by atoms with Gasteiger partial charge < -0.3 is 14.8 Å². The van der Waals surface area contributed by atoms with E-state index in [1.54, 1.807) is 6.92 Å². The summed E-state index contributed by atoms with van der Waals surface area (Å²) in [7, 11) is 0. The van der Waals surface area contributed by atoms with Crippen LogP contribution in [-0.2, 0) is 4.79 Å². The Labute approximate surface area is 94.6 Å². The molecule has 82 valence electrons. The van der Waals surface area contributed by atoms with Gasteiger partial charge in [0.15, 0.2) is 4.67 Å². The molecule has 0 saturated heterocycles. The van der Waals surface area contributed by atoms with E-state index in [0.717, 1.165) is 0 Å². The highest BCUT2D eigenvalue weighted by Gasteiger charge is 2.20. The standard InChI is InChI=1S/C9H10BrNO4/c1-2-6(9(13)14)11-8(12)5-3-4-15-7(5)10/h3-4,6H,2H2,1H3,(H,11,12)(H,13,14)/t6-/m1/s1. The summed E-state index contributed by atoms with van der Waals surface area (Å²) >= 11 is 3.04. The topological polar surface area (TPSA) is 79.5 Å². The molecule has 6 heteroatoms. The third kappa shape index (κ3) is 2.82. The van der Waals surface area contributed by atoms with Crippen molar-refractivity contribution in [2.24, 2.45) is 0 Å². The van der Waals surface area contributed by atoms with Gasteiger partial charge in [-0.15, -0.1) is 0 Å². The highest BCUT2D eigenvalue weighted by molar-refractivity contribution is 9.10. The first-order chi connectivity index (χ1) is 7.06. The fourth-order valence-corrected chi connectivity index (χ4v) is 1.45. The predicted octanol–water partition coefficient (Wildman–Crippen LogP) is 1.64. The number of carbonyl (C=O) groups is 2. The zero-order chi connectivity index (χ0) is 11.4. The third-order valence-corrected chi connectivity index (χ3v) is 2.49. The van der Waals surface area contributed by atoms with Gasteiger partial charge in [0.25, 0.3) is 5.91 Å². The van der Waals surface area contributed by atoms with E-state index < -0.39 is 17.9 Å². The quantitative estimate of drug-likeness (QED) is 0.876. The number of halogens is 1. The van der Waals surface area contributed by atoms with E-state index in [0.29, 0.717) is 11.1 Å². The lowest BCUT2D eigenvalue weighted by Gasteiger charge is -2.11. The number of hydrogen-bond acceptors (Lipinski definition) is 3. The molecular weight excluding hydrogens is 266 g/mol. The lowest BCUT2D eigenvalue weighted by atomic mass is 10.2. The molecule has 0 fully saturated rings. The molecule has 0 radical (unpaired) electrons. The van der Waals surface area contributed by atoms with Crippen LogP contribution in [0, 0.1) is 0 Å². The van der Waals surface area contributed by atoms with Gasteiger partial charge in [-0.25, -0.2) is 4.79 Å². The van der Waals surface area contributed by atoms with Gasteiger partial charge in [-0.05, 0) is 28.4 Å². The number of aliphatic carboxylic acids is 1. The monoisotopic (exact) mass is 275 g/mol. The molecule has 0 unspecified atom stereocenters. The van der Waals surface area contributed by atoms with Crippen LogP contribution in [0.3, 0.4) is 0 Å². The van der Waals surface area contributed by atoms with Gasteiger partial charge in [0.05, 0.1) is 11.8 Å². The molecule has 0 aliphatic rings. The van der Waals surface area contributed by atoms with Gasteiger partial charge >= 0.3 is 5.97 Å². The highest BCUT2D eigenvalue weighted by Crippen LogP contribution is 2.17. The summed E-state index contributed by atoms with van der Waals surface area (Å²) in [6.45, 7) is 1.68. The molecule has 0 aliphatic carbocycles. The summed E-state index contributed by atoms with van der Waals surface area (Å²) in [6.07, 6.45) is 1.68. The Morgan fingerprint density at radius 2 is 2.33 bits per heavy atom. The Hall–Kier alpha value is -1.30. The predicted molar refractivity (Wildman–Crippen MR) is 55.6 cm³/mol. The van der Waals surface area contributed by atoms with Gasteiger partial charge in [0.2, 0.25) is 0 Å².